The summed E-state index contributed by atoms with van der Waals surface area (Å²) in [6, 6.07) is 12.9. The molecule has 2 unspecified atom stereocenters. The van der Waals surface area contributed by atoms with Gasteiger partial charge in [0.05, 0.1) is 10.5 Å². The number of hydrogen-bond acceptors (Lipinski definition) is 3. The molecule has 2 atom stereocenters. The van der Waals surface area contributed by atoms with E-state index in [2.05, 4.69) is 67.1 Å². The van der Waals surface area contributed by atoms with Crippen LogP contribution in [0.3, 0.4) is 0 Å². The maximum absolute atomic E-state index is 6.00. The van der Waals surface area contributed by atoms with E-state index in [4.69, 9.17) is 10.2 Å². The summed E-state index contributed by atoms with van der Waals surface area (Å²) in [7, 11) is 0. The minimum atomic E-state index is 0.140. The van der Waals surface area contributed by atoms with E-state index < -0.39 is 0 Å². The van der Waals surface area contributed by atoms with E-state index in [1.807, 2.05) is 6.07 Å². The summed E-state index contributed by atoms with van der Waals surface area (Å²) in [6.45, 7) is 2.65. The Labute approximate surface area is 141 Å². The molecule has 0 spiro atoms. The average Bonchev–Trinajstić information content (AvgIpc) is 3.10. The molecule has 0 aliphatic carbocycles. The van der Waals surface area contributed by atoms with Crippen molar-refractivity contribution in [2.45, 2.75) is 18.4 Å². The number of halogens is 2. The van der Waals surface area contributed by atoms with Crippen LogP contribution in [0, 0.1) is 0 Å². The molecule has 21 heavy (non-hydrogen) atoms. The topological polar surface area (TPSA) is 42.4 Å². The highest BCUT2D eigenvalue weighted by molar-refractivity contribution is 9.13. The number of nitrogens with two attached hydrogens (primary N) is 1. The third-order valence-corrected chi connectivity index (χ3v) is 5.86. The molecule has 1 saturated heterocycles. The Morgan fingerprint density at radius 2 is 2.05 bits per heavy atom. The first kappa shape index (κ1) is 15.3. The van der Waals surface area contributed by atoms with Crippen molar-refractivity contribution in [1.82, 2.24) is 4.90 Å². The second kappa shape index (κ2) is 6.65. The van der Waals surface area contributed by atoms with Crippen LogP contribution >= 0.6 is 31.9 Å². The molecule has 112 valence electrons. The molecule has 2 aromatic rings. The van der Waals surface area contributed by atoms with Crippen LogP contribution in [0.2, 0.25) is 0 Å². The van der Waals surface area contributed by atoms with Crippen LogP contribution < -0.4 is 5.73 Å². The number of furan rings is 1. The number of hydrogen-bond donors (Lipinski definition) is 1. The van der Waals surface area contributed by atoms with E-state index >= 15 is 0 Å². The summed E-state index contributed by atoms with van der Waals surface area (Å²) >= 11 is 6.87. The van der Waals surface area contributed by atoms with Crippen molar-refractivity contribution in [2.75, 3.05) is 19.6 Å². The second-order valence-corrected chi connectivity index (χ2v) is 6.99. The second-order valence-electron chi connectivity index (χ2n) is 5.41. The quantitative estimate of drug-likeness (QED) is 0.812. The summed E-state index contributed by atoms with van der Waals surface area (Å²) in [4.78, 5) is 2.43. The van der Waals surface area contributed by atoms with E-state index in [1.165, 1.54) is 12.0 Å². The van der Waals surface area contributed by atoms with Gasteiger partial charge >= 0.3 is 0 Å². The summed E-state index contributed by atoms with van der Waals surface area (Å²) in [5.74, 6) is 1.51. The van der Waals surface area contributed by atoms with Gasteiger partial charge < -0.3 is 10.2 Å². The van der Waals surface area contributed by atoms with Crippen molar-refractivity contribution < 1.29 is 4.42 Å². The molecule has 1 aromatic carbocycles. The molecule has 0 bridgehead atoms. The zero-order valence-electron chi connectivity index (χ0n) is 11.6. The van der Waals surface area contributed by atoms with Gasteiger partial charge in [-0.1, -0.05) is 30.3 Å². The summed E-state index contributed by atoms with van der Waals surface area (Å²) in [5, 5.41) is 0. The predicted octanol–water partition coefficient (Wildman–Crippen LogP) is 4.29. The fourth-order valence-corrected chi connectivity index (χ4v) is 3.65. The van der Waals surface area contributed by atoms with Crippen molar-refractivity contribution in [2.24, 2.45) is 5.73 Å². The van der Waals surface area contributed by atoms with E-state index in [9.17, 15) is 0 Å². The Kier molecular flexibility index (Phi) is 4.84. The lowest BCUT2D eigenvalue weighted by Gasteiger charge is -2.25. The Bertz CT molecular complexity index is 580. The molecule has 1 fully saturated rings. The van der Waals surface area contributed by atoms with E-state index in [-0.39, 0.29) is 6.04 Å². The predicted molar refractivity (Wildman–Crippen MR) is 91.3 cm³/mol. The Balaban J connectivity index is 1.75. The molecule has 0 amide bonds. The van der Waals surface area contributed by atoms with Crippen LogP contribution in [0.4, 0.5) is 0 Å². The van der Waals surface area contributed by atoms with Crippen molar-refractivity contribution in [3.8, 4) is 0 Å². The lowest BCUT2D eigenvalue weighted by molar-refractivity contribution is 0.216. The highest BCUT2D eigenvalue weighted by Gasteiger charge is 2.31. The fraction of sp³-hybridized carbons (Fsp3) is 0.375. The van der Waals surface area contributed by atoms with Gasteiger partial charge in [0.25, 0.3) is 0 Å². The third kappa shape index (κ3) is 3.26. The molecule has 0 radical (unpaired) electrons. The van der Waals surface area contributed by atoms with Crippen LogP contribution in [-0.4, -0.2) is 24.5 Å². The van der Waals surface area contributed by atoms with Crippen LogP contribution in [0.1, 0.15) is 29.7 Å². The molecule has 5 heteroatoms. The fourth-order valence-electron chi connectivity index (χ4n) is 3.04. The number of benzene rings is 1. The van der Waals surface area contributed by atoms with Gasteiger partial charge in [-0.05, 0) is 62.4 Å². The normalized spacial score (nSPS) is 20.8. The number of rotatable bonds is 4. The zero-order valence-corrected chi connectivity index (χ0v) is 14.8. The number of nitrogens with zero attached hydrogens (tertiary/aromatic N) is 1. The summed E-state index contributed by atoms with van der Waals surface area (Å²) in [6.07, 6.45) is 1.17. The minimum Gasteiger partial charge on any atom is -0.451 e. The van der Waals surface area contributed by atoms with E-state index in [1.54, 1.807) is 0 Å². The molecular formula is C16H18Br2N2O. The lowest BCUT2D eigenvalue weighted by atomic mass is 9.99. The average molecular weight is 414 g/mol. The summed E-state index contributed by atoms with van der Waals surface area (Å²) < 4.78 is 7.44. The maximum atomic E-state index is 6.00. The Morgan fingerprint density at radius 1 is 1.29 bits per heavy atom. The maximum Gasteiger partial charge on any atom is 0.183 e. The zero-order chi connectivity index (χ0) is 14.8. The van der Waals surface area contributed by atoms with Crippen LogP contribution in [0.25, 0.3) is 0 Å². The van der Waals surface area contributed by atoms with Gasteiger partial charge in [-0.25, -0.2) is 0 Å². The molecule has 3 rings (SSSR count). The molecule has 2 N–H and O–H groups in total. The van der Waals surface area contributed by atoms with E-state index in [0.717, 1.165) is 28.0 Å². The third-order valence-electron chi connectivity index (χ3n) is 4.15. The molecular weight excluding hydrogens is 396 g/mol. The summed E-state index contributed by atoms with van der Waals surface area (Å²) in [5.41, 5.74) is 7.41. The first-order valence-electron chi connectivity index (χ1n) is 7.13. The van der Waals surface area contributed by atoms with Gasteiger partial charge in [0.2, 0.25) is 0 Å². The first-order valence-corrected chi connectivity index (χ1v) is 8.71. The Morgan fingerprint density at radius 3 is 2.67 bits per heavy atom. The van der Waals surface area contributed by atoms with Crippen molar-refractivity contribution in [3.63, 3.8) is 0 Å². The van der Waals surface area contributed by atoms with Crippen LogP contribution in [0.5, 0.6) is 0 Å². The smallest absolute Gasteiger partial charge is 0.183 e. The number of likely N-dealkylation sites (tertiary alicyclic amines) is 1. The van der Waals surface area contributed by atoms with E-state index in [0.29, 0.717) is 12.5 Å². The van der Waals surface area contributed by atoms with Gasteiger partial charge in [-0.2, -0.15) is 0 Å². The molecule has 1 aliphatic heterocycles. The van der Waals surface area contributed by atoms with Crippen LogP contribution in [0.15, 0.2) is 50.0 Å². The first-order chi connectivity index (χ1) is 10.2. The monoisotopic (exact) mass is 412 g/mol. The van der Waals surface area contributed by atoms with Gasteiger partial charge in [-0.15, -0.1) is 0 Å². The van der Waals surface area contributed by atoms with Gasteiger partial charge in [-0.3, -0.25) is 4.90 Å². The lowest BCUT2D eigenvalue weighted by Crippen LogP contribution is -2.31. The van der Waals surface area contributed by atoms with Gasteiger partial charge in [0, 0.05) is 13.1 Å². The molecule has 1 aromatic heterocycles. The van der Waals surface area contributed by atoms with Crippen molar-refractivity contribution in [1.29, 1.82) is 0 Å². The largest absolute Gasteiger partial charge is 0.451 e. The van der Waals surface area contributed by atoms with Crippen molar-refractivity contribution in [3.05, 3.63) is 56.9 Å². The molecule has 2 heterocycles. The highest BCUT2D eigenvalue weighted by Crippen LogP contribution is 2.36. The minimum absolute atomic E-state index is 0.140. The molecule has 0 saturated carbocycles. The van der Waals surface area contributed by atoms with Crippen LogP contribution in [-0.2, 0) is 0 Å². The van der Waals surface area contributed by atoms with Gasteiger partial charge in [0.1, 0.15) is 5.76 Å². The highest BCUT2D eigenvalue weighted by atomic mass is 79.9. The SMILES string of the molecule is NCC(c1cc(Br)c(Br)o1)N1CCC(c2ccccc2)C1. The van der Waals surface area contributed by atoms with Gasteiger partial charge in [0.15, 0.2) is 4.67 Å². The molecule has 1 aliphatic rings. The molecule has 3 nitrogen and oxygen atoms in total. The van der Waals surface area contributed by atoms with Crippen molar-refractivity contribution >= 4 is 31.9 Å². The Hall–Kier alpha value is -0.620. The standard InChI is InChI=1S/C16H18Br2N2O/c17-13-8-15(21-16(13)18)14(9-19)20-7-6-12(10-20)11-4-2-1-3-5-11/h1-5,8,12,14H,6-7,9-10,19H2.